The quantitative estimate of drug-likeness (QED) is 0.399. The molecule has 0 saturated carbocycles. The minimum absolute atomic E-state index is 0.00302. The highest BCUT2D eigenvalue weighted by Gasteiger charge is 2.14. The minimum atomic E-state index is -3.80. The van der Waals surface area contributed by atoms with Crippen LogP contribution in [0.2, 0.25) is 0 Å². The number of hydrogen-bond acceptors (Lipinski definition) is 6. The topological polar surface area (TPSA) is 117 Å². The zero-order valence-corrected chi connectivity index (χ0v) is 18.3. The first-order valence-corrected chi connectivity index (χ1v) is 11.7. The van der Waals surface area contributed by atoms with E-state index in [4.69, 9.17) is 19.7 Å². The Morgan fingerprint density at radius 3 is 2.25 bits per heavy atom. The predicted molar refractivity (Wildman–Crippen MR) is 117 cm³/mol. The summed E-state index contributed by atoms with van der Waals surface area (Å²) in [5.41, 5.74) is 2.77. The Morgan fingerprint density at radius 2 is 1.62 bits per heavy atom. The highest BCUT2D eigenvalue weighted by molar-refractivity contribution is 7.89. The molecule has 0 aliphatic rings. The van der Waals surface area contributed by atoms with Crippen molar-refractivity contribution in [3.05, 3.63) is 66.1 Å². The average molecular weight is 464 g/mol. The third-order valence-corrected chi connectivity index (χ3v) is 5.55. The minimum Gasteiger partial charge on any atom is -0.394 e. The lowest BCUT2D eigenvalue weighted by molar-refractivity contribution is 0.0758. The number of rotatable bonds is 12. The van der Waals surface area contributed by atoms with E-state index in [1.54, 1.807) is 28.9 Å². The van der Waals surface area contributed by atoms with E-state index in [-0.39, 0.29) is 23.9 Å². The van der Waals surface area contributed by atoms with Gasteiger partial charge in [0.25, 0.3) is 0 Å². The SMILES string of the molecule is NS(=O)(=O)c1ccc(-n2nc(COCCCCOCCO)cc2-c2ccc(F)cc2)cc1. The number of primary sulfonamides is 1. The first-order valence-electron chi connectivity index (χ1n) is 10.1. The number of aliphatic hydroxyl groups is 1. The molecule has 0 spiro atoms. The molecule has 10 heteroatoms. The smallest absolute Gasteiger partial charge is 0.238 e. The maximum absolute atomic E-state index is 13.4. The number of benzene rings is 2. The number of nitrogens with two attached hydrogens (primary N) is 1. The second-order valence-corrected chi connectivity index (χ2v) is 8.64. The van der Waals surface area contributed by atoms with Crippen LogP contribution in [-0.2, 0) is 26.1 Å². The molecule has 8 nitrogen and oxygen atoms in total. The van der Waals surface area contributed by atoms with Crippen molar-refractivity contribution >= 4 is 10.0 Å². The molecular formula is C22H26FN3O5S. The summed E-state index contributed by atoms with van der Waals surface area (Å²) in [6.07, 6.45) is 1.64. The van der Waals surface area contributed by atoms with Gasteiger partial charge in [-0.15, -0.1) is 0 Å². The summed E-state index contributed by atoms with van der Waals surface area (Å²) in [6.45, 7) is 1.74. The Balaban J connectivity index is 1.75. The molecule has 3 N–H and O–H groups in total. The van der Waals surface area contributed by atoms with Gasteiger partial charge in [-0.2, -0.15) is 5.10 Å². The Hall–Kier alpha value is -2.63. The van der Waals surface area contributed by atoms with Crippen LogP contribution in [0.4, 0.5) is 4.39 Å². The van der Waals surface area contributed by atoms with Gasteiger partial charge in [0.1, 0.15) is 5.82 Å². The van der Waals surface area contributed by atoms with Crippen LogP contribution in [-0.4, -0.2) is 49.7 Å². The molecule has 0 fully saturated rings. The van der Waals surface area contributed by atoms with Crippen molar-refractivity contribution in [1.82, 2.24) is 9.78 Å². The molecule has 0 saturated heterocycles. The van der Waals surface area contributed by atoms with Gasteiger partial charge >= 0.3 is 0 Å². The van der Waals surface area contributed by atoms with E-state index in [1.807, 2.05) is 6.07 Å². The first kappa shape index (κ1) is 24.0. The van der Waals surface area contributed by atoms with Crippen molar-refractivity contribution in [3.8, 4) is 16.9 Å². The number of ether oxygens (including phenoxy) is 2. The van der Waals surface area contributed by atoms with Crippen molar-refractivity contribution in [2.75, 3.05) is 26.4 Å². The molecule has 1 heterocycles. The maximum Gasteiger partial charge on any atom is 0.238 e. The molecule has 0 aliphatic carbocycles. The lowest BCUT2D eigenvalue weighted by Gasteiger charge is -2.08. The third-order valence-electron chi connectivity index (χ3n) is 4.62. The van der Waals surface area contributed by atoms with E-state index in [2.05, 4.69) is 5.10 Å². The van der Waals surface area contributed by atoms with E-state index >= 15 is 0 Å². The van der Waals surface area contributed by atoms with Gasteiger partial charge in [-0.25, -0.2) is 22.6 Å². The number of unbranched alkanes of at least 4 members (excludes halogenated alkanes) is 1. The van der Waals surface area contributed by atoms with E-state index in [0.29, 0.717) is 36.9 Å². The Morgan fingerprint density at radius 1 is 0.969 bits per heavy atom. The molecule has 0 unspecified atom stereocenters. The zero-order valence-electron chi connectivity index (χ0n) is 17.5. The molecule has 0 aliphatic heterocycles. The summed E-state index contributed by atoms with van der Waals surface area (Å²) in [7, 11) is -3.80. The van der Waals surface area contributed by atoms with Crippen LogP contribution in [0.1, 0.15) is 18.5 Å². The van der Waals surface area contributed by atoms with Gasteiger partial charge in [-0.1, -0.05) is 0 Å². The largest absolute Gasteiger partial charge is 0.394 e. The first-order chi connectivity index (χ1) is 15.4. The normalized spacial score (nSPS) is 11.7. The molecule has 2 aromatic carbocycles. The van der Waals surface area contributed by atoms with Gasteiger partial charge in [-0.05, 0) is 67.4 Å². The second-order valence-electron chi connectivity index (χ2n) is 7.07. The molecule has 3 rings (SSSR count). The lowest BCUT2D eigenvalue weighted by Crippen LogP contribution is -2.12. The van der Waals surface area contributed by atoms with Crippen molar-refractivity contribution in [3.63, 3.8) is 0 Å². The van der Waals surface area contributed by atoms with Gasteiger partial charge in [0.15, 0.2) is 0 Å². The summed E-state index contributed by atoms with van der Waals surface area (Å²) in [5, 5.41) is 18.4. The summed E-state index contributed by atoms with van der Waals surface area (Å²) >= 11 is 0. The molecule has 0 atom stereocenters. The summed E-state index contributed by atoms with van der Waals surface area (Å²) in [4.78, 5) is 0.00302. The number of sulfonamides is 1. The van der Waals surface area contributed by atoms with Crippen molar-refractivity contribution < 1.29 is 27.4 Å². The maximum atomic E-state index is 13.4. The molecule has 3 aromatic rings. The summed E-state index contributed by atoms with van der Waals surface area (Å²) in [5.74, 6) is -0.344. The van der Waals surface area contributed by atoms with Crippen LogP contribution in [0.25, 0.3) is 16.9 Å². The Bertz CT molecular complexity index is 1100. The fraction of sp³-hybridized carbons (Fsp3) is 0.318. The number of hydrogen-bond donors (Lipinski definition) is 2. The van der Waals surface area contributed by atoms with Crippen LogP contribution in [0, 0.1) is 5.82 Å². The van der Waals surface area contributed by atoms with Crippen LogP contribution >= 0.6 is 0 Å². The number of halogens is 1. The van der Waals surface area contributed by atoms with Crippen LogP contribution in [0.3, 0.4) is 0 Å². The van der Waals surface area contributed by atoms with Crippen LogP contribution in [0.15, 0.2) is 59.5 Å². The zero-order chi connectivity index (χ0) is 23.0. The molecule has 0 bridgehead atoms. The van der Waals surface area contributed by atoms with Gasteiger partial charge in [-0.3, -0.25) is 0 Å². The number of aromatic nitrogens is 2. The summed E-state index contributed by atoms with van der Waals surface area (Å²) in [6, 6.07) is 13.9. The van der Waals surface area contributed by atoms with Crippen LogP contribution < -0.4 is 5.14 Å². The van der Waals surface area contributed by atoms with Crippen LogP contribution in [0.5, 0.6) is 0 Å². The second kappa shape index (κ2) is 11.3. The molecule has 0 radical (unpaired) electrons. The summed E-state index contributed by atoms with van der Waals surface area (Å²) < 4.78 is 49.0. The van der Waals surface area contributed by atoms with Gasteiger partial charge in [0.2, 0.25) is 10.0 Å². The van der Waals surface area contributed by atoms with Gasteiger partial charge < -0.3 is 14.6 Å². The number of aliphatic hydroxyl groups excluding tert-OH is 1. The van der Waals surface area contributed by atoms with Crippen molar-refractivity contribution in [1.29, 1.82) is 0 Å². The van der Waals surface area contributed by atoms with E-state index in [0.717, 1.165) is 18.4 Å². The molecule has 32 heavy (non-hydrogen) atoms. The monoisotopic (exact) mass is 463 g/mol. The molecule has 1 aromatic heterocycles. The molecular weight excluding hydrogens is 437 g/mol. The number of nitrogens with zero attached hydrogens (tertiary/aromatic N) is 2. The standard InChI is InChI=1S/C22H26FN3O5S/c23-18-5-3-17(4-6-18)22-15-19(16-31-13-2-1-12-30-14-11-27)25-26(22)20-7-9-21(10-8-20)32(24,28)29/h3-10,15,27H,1-2,11-14,16H2,(H2,24,28,29). The van der Waals surface area contributed by atoms with Crippen molar-refractivity contribution in [2.45, 2.75) is 24.3 Å². The Kier molecular flexibility index (Phi) is 8.48. The fourth-order valence-corrected chi connectivity index (χ4v) is 3.57. The predicted octanol–water partition coefficient (Wildman–Crippen LogP) is 2.63. The van der Waals surface area contributed by atoms with Gasteiger partial charge in [0, 0.05) is 18.8 Å². The highest BCUT2D eigenvalue weighted by Crippen LogP contribution is 2.25. The molecule has 0 amide bonds. The highest BCUT2D eigenvalue weighted by atomic mass is 32.2. The van der Waals surface area contributed by atoms with E-state index in [1.165, 1.54) is 24.3 Å². The van der Waals surface area contributed by atoms with Gasteiger partial charge in [0.05, 0.1) is 41.8 Å². The van der Waals surface area contributed by atoms with E-state index < -0.39 is 10.0 Å². The van der Waals surface area contributed by atoms with E-state index in [9.17, 15) is 12.8 Å². The van der Waals surface area contributed by atoms with Crippen molar-refractivity contribution in [2.24, 2.45) is 5.14 Å². The third kappa shape index (κ3) is 6.68. The average Bonchev–Trinajstić information content (AvgIpc) is 3.20. The Labute approximate surface area is 186 Å². The molecule has 172 valence electrons. The lowest BCUT2D eigenvalue weighted by atomic mass is 10.1. The fourth-order valence-electron chi connectivity index (χ4n) is 3.05.